The van der Waals surface area contributed by atoms with E-state index >= 15 is 0 Å². The summed E-state index contributed by atoms with van der Waals surface area (Å²) in [5.74, 6) is 0.569. The Bertz CT molecular complexity index is 679. The SMILES string of the molecule is CCn1c([C@@H](C)NC(=O)c2ccccc2Br)n[nH]c1=S. The topological polar surface area (TPSA) is 62.7 Å². The van der Waals surface area contributed by atoms with E-state index in [-0.39, 0.29) is 11.9 Å². The number of benzene rings is 1. The quantitative estimate of drug-likeness (QED) is 0.828. The van der Waals surface area contributed by atoms with Crippen molar-refractivity contribution in [3.05, 3.63) is 44.9 Å². The van der Waals surface area contributed by atoms with Gasteiger partial charge in [0.1, 0.15) is 0 Å². The first-order valence-corrected chi connectivity index (χ1v) is 7.45. The fraction of sp³-hybridized carbons (Fsp3) is 0.308. The van der Waals surface area contributed by atoms with Gasteiger partial charge in [0, 0.05) is 11.0 Å². The minimum Gasteiger partial charge on any atom is -0.342 e. The predicted molar refractivity (Wildman–Crippen MR) is 83.1 cm³/mol. The van der Waals surface area contributed by atoms with Gasteiger partial charge in [0.2, 0.25) is 0 Å². The zero-order valence-corrected chi connectivity index (χ0v) is 13.6. The van der Waals surface area contributed by atoms with Crippen molar-refractivity contribution in [3.63, 3.8) is 0 Å². The molecule has 0 saturated heterocycles. The standard InChI is InChI=1S/C13H15BrN4OS/c1-3-18-11(16-17-13(18)20)8(2)15-12(19)9-6-4-5-7-10(9)14/h4-8H,3H2,1-2H3,(H,15,19)(H,17,20)/t8-/m1/s1. The van der Waals surface area contributed by atoms with Crippen LogP contribution in [0.3, 0.4) is 0 Å². The van der Waals surface area contributed by atoms with E-state index < -0.39 is 0 Å². The molecule has 0 saturated carbocycles. The molecule has 0 aliphatic carbocycles. The lowest BCUT2D eigenvalue weighted by Gasteiger charge is -2.14. The Morgan fingerprint density at radius 1 is 1.55 bits per heavy atom. The molecule has 1 atom stereocenters. The molecule has 2 N–H and O–H groups in total. The summed E-state index contributed by atoms with van der Waals surface area (Å²) < 4.78 is 3.18. The van der Waals surface area contributed by atoms with Gasteiger partial charge in [-0.15, -0.1) is 0 Å². The lowest BCUT2D eigenvalue weighted by Crippen LogP contribution is -2.29. The highest BCUT2D eigenvalue weighted by atomic mass is 79.9. The van der Waals surface area contributed by atoms with Crippen molar-refractivity contribution in [2.45, 2.75) is 26.4 Å². The molecule has 106 valence electrons. The maximum absolute atomic E-state index is 12.2. The Balaban J connectivity index is 2.20. The van der Waals surface area contributed by atoms with E-state index in [2.05, 4.69) is 31.4 Å². The second kappa shape index (κ2) is 6.32. The number of H-pyrrole nitrogens is 1. The molecule has 0 aliphatic heterocycles. The average molecular weight is 355 g/mol. The molecule has 2 rings (SSSR count). The van der Waals surface area contributed by atoms with Gasteiger partial charge in [-0.1, -0.05) is 12.1 Å². The highest BCUT2D eigenvalue weighted by Gasteiger charge is 2.17. The van der Waals surface area contributed by atoms with Crippen LogP contribution in [-0.2, 0) is 6.54 Å². The lowest BCUT2D eigenvalue weighted by atomic mass is 10.2. The Hall–Kier alpha value is -1.47. The fourth-order valence-corrected chi connectivity index (χ4v) is 2.68. The molecule has 1 heterocycles. The highest BCUT2D eigenvalue weighted by Crippen LogP contribution is 2.17. The first-order valence-electron chi connectivity index (χ1n) is 6.25. The Kier molecular flexibility index (Phi) is 4.72. The third-order valence-electron chi connectivity index (χ3n) is 2.96. The predicted octanol–water partition coefficient (Wildman–Crippen LogP) is 3.21. The summed E-state index contributed by atoms with van der Waals surface area (Å²) in [5, 5.41) is 9.85. The second-order valence-electron chi connectivity index (χ2n) is 4.31. The molecular weight excluding hydrogens is 340 g/mol. The zero-order valence-electron chi connectivity index (χ0n) is 11.2. The Morgan fingerprint density at radius 3 is 2.90 bits per heavy atom. The number of halogens is 1. The summed E-state index contributed by atoms with van der Waals surface area (Å²) in [6, 6.07) is 7.06. The molecule has 0 spiro atoms. The van der Waals surface area contributed by atoms with Crippen LogP contribution in [0, 0.1) is 4.77 Å². The van der Waals surface area contributed by atoms with Crippen molar-refractivity contribution in [2.75, 3.05) is 0 Å². The zero-order chi connectivity index (χ0) is 14.7. The molecule has 20 heavy (non-hydrogen) atoms. The smallest absolute Gasteiger partial charge is 0.253 e. The summed E-state index contributed by atoms with van der Waals surface area (Å²) in [4.78, 5) is 12.2. The molecule has 0 aliphatic rings. The molecule has 2 aromatic rings. The van der Waals surface area contributed by atoms with Crippen molar-refractivity contribution >= 4 is 34.1 Å². The van der Waals surface area contributed by atoms with Crippen LogP contribution in [0.25, 0.3) is 0 Å². The summed E-state index contributed by atoms with van der Waals surface area (Å²) in [7, 11) is 0. The molecule has 1 amide bonds. The molecule has 1 aromatic heterocycles. The Morgan fingerprint density at radius 2 is 2.25 bits per heavy atom. The number of nitrogens with one attached hydrogen (secondary N) is 2. The van der Waals surface area contributed by atoms with Crippen molar-refractivity contribution in [1.29, 1.82) is 0 Å². The van der Waals surface area contributed by atoms with E-state index in [0.717, 1.165) is 10.3 Å². The summed E-state index contributed by atoms with van der Waals surface area (Å²) in [6.07, 6.45) is 0. The number of rotatable bonds is 4. The number of carbonyl (C=O) groups is 1. The van der Waals surface area contributed by atoms with Gasteiger partial charge in [-0.05, 0) is 54.1 Å². The van der Waals surface area contributed by atoms with Crippen LogP contribution in [0.2, 0.25) is 0 Å². The maximum Gasteiger partial charge on any atom is 0.253 e. The summed E-state index contributed by atoms with van der Waals surface area (Å²) in [5.41, 5.74) is 0.594. The van der Waals surface area contributed by atoms with E-state index in [1.54, 1.807) is 6.07 Å². The number of hydrogen-bond acceptors (Lipinski definition) is 3. The first-order chi connectivity index (χ1) is 9.54. The van der Waals surface area contributed by atoms with Crippen molar-refractivity contribution in [3.8, 4) is 0 Å². The third kappa shape index (κ3) is 2.99. The van der Waals surface area contributed by atoms with Gasteiger partial charge >= 0.3 is 0 Å². The normalized spacial score (nSPS) is 12.2. The monoisotopic (exact) mass is 354 g/mol. The van der Waals surface area contributed by atoms with Gasteiger partial charge in [-0.25, -0.2) is 0 Å². The van der Waals surface area contributed by atoms with E-state index in [0.29, 0.717) is 16.9 Å². The molecule has 5 nitrogen and oxygen atoms in total. The second-order valence-corrected chi connectivity index (χ2v) is 5.55. The fourth-order valence-electron chi connectivity index (χ4n) is 1.95. The molecule has 1 aromatic carbocycles. The van der Waals surface area contributed by atoms with Crippen LogP contribution in [0.15, 0.2) is 28.7 Å². The van der Waals surface area contributed by atoms with E-state index in [4.69, 9.17) is 12.2 Å². The molecule has 0 fully saturated rings. The van der Waals surface area contributed by atoms with Gasteiger partial charge in [0.05, 0.1) is 11.6 Å². The number of aromatic amines is 1. The van der Waals surface area contributed by atoms with E-state index in [1.165, 1.54) is 0 Å². The number of nitrogens with zero attached hydrogens (tertiary/aromatic N) is 2. The minimum atomic E-state index is -0.234. The number of amides is 1. The van der Waals surface area contributed by atoms with Gasteiger partial charge in [-0.2, -0.15) is 5.10 Å². The molecule has 7 heteroatoms. The van der Waals surface area contributed by atoms with Gasteiger partial charge < -0.3 is 9.88 Å². The van der Waals surface area contributed by atoms with Crippen molar-refractivity contribution < 1.29 is 4.79 Å². The van der Waals surface area contributed by atoms with Crippen LogP contribution in [0.4, 0.5) is 0 Å². The third-order valence-corrected chi connectivity index (χ3v) is 3.96. The van der Waals surface area contributed by atoms with Crippen LogP contribution in [-0.4, -0.2) is 20.7 Å². The number of carbonyl (C=O) groups excluding carboxylic acids is 1. The van der Waals surface area contributed by atoms with Crippen LogP contribution < -0.4 is 5.32 Å². The Labute approximate surface area is 130 Å². The summed E-state index contributed by atoms with van der Waals surface area (Å²) >= 11 is 8.51. The van der Waals surface area contributed by atoms with Gasteiger partial charge in [0.15, 0.2) is 10.6 Å². The summed E-state index contributed by atoms with van der Waals surface area (Å²) in [6.45, 7) is 4.57. The van der Waals surface area contributed by atoms with Crippen LogP contribution in [0.1, 0.15) is 36.1 Å². The van der Waals surface area contributed by atoms with Crippen molar-refractivity contribution in [1.82, 2.24) is 20.1 Å². The molecule has 0 bridgehead atoms. The highest BCUT2D eigenvalue weighted by molar-refractivity contribution is 9.10. The van der Waals surface area contributed by atoms with E-state index in [9.17, 15) is 4.79 Å². The molecule has 0 radical (unpaired) electrons. The molecule has 0 unspecified atom stereocenters. The van der Waals surface area contributed by atoms with Crippen LogP contribution in [0.5, 0.6) is 0 Å². The first kappa shape index (κ1) is 14.9. The van der Waals surface area contributed by atoms with Gasteiger partial charge in [-0.3, -0.25) is 9.89 Å². The van der Waals surface area contributed by atoms with Gasteiger partial charge in [0.25, 0.3) is 5.91 Å². The lowest BCUT2D eigenvalue weighted by molar-refractivity contribution is 0.0937. The molecular formula is C13H15BrN4OS. The van der Waals surface area contributed by atoms with Crippen LogP contribution >= 0.6 is 28.1 Å². The average Bonchev–Trinajstić information content (AvgIpc) is 2.80. The largest absolute Gasteiger partial charge is 0.342 e. The number of hydrogen-bond donors (Lipinski definition) is 2. The van der Waals surface area contributed by atoms with Crippen molar-refractivity contribution in [2.24, 2.45) is 0 Å². The number of aromatic nitrogens is 3. The van der Waals surface area contributed by atoms with E-state index in [1.807, 2.05) is 36.6 Å². The maximum atomic E-state index is 12.2. The minimum absolute atomic E-state index is 0.151.